The first-order valence-electron chi connectivity index (χ1n) is 13.4. The molecule has 40 heavy (non-hydrogen) atoms. The van der Waals surface area contributed by atoms with Gasteiger partial charge in [0.2, 0.25) is 0 Å². The lowest BCUT2D eigenvalue weighted by molar-refractivity contribution is 0.0202. The minimum atomic E-state index is -0.552. The van der Waals surface area contributed by atoms with Crippen molar-refractivity contribution in [3.63, 3.8) is 0 Å². The third kappa shape index (κ3) is 7.75. The fraction of sp³-hybridized carbons (Fsp3) is 0.433. The Labute approximate surface area is 239 Å². The van der Waals surface area contributed by atoms with E-state index in [9.17, 15) is 14.0 Å². The van der Waals surface area contributed by atoms with Crippen molar-refractivity contribution in [2.75, 3.05) is 26.7 Å². The molecule has 1 aliphatic rings. The van der Waals surface area contributed by atoms with Crippen LogP contribution >= 0.6 is 11.6 Å². The summed E-state index contributed by atoms with van der Waals surface area (Å²) < 4.78 is 26.8. The summed E-state index contributed by atoms with van der Waals surface area (Å²) in [6.07, 6.45) is 2.61. The van der Waals surface area contributed by atoms with Crippen molar-refractivity contribution in [2.24, 2.45) is 0 Å². The summed E-state index contributed by atoms with van der Waals surface area (Å²) >= 11 is 6.05. The number of carbonyl (C=O) groups excluding carboxylic acids is 2. The number of imidazole rings is 1. The number of likely N-dealkylation sites (tertiary alicyclic amines) is 1. The maximum Gasteiger partial charge on any atom is 0.410 e. The van der Waals surface area contributed by atoms with Gasteiger partial charge in [0.1, 0.15) is 23.8 Å². The Kier molecular flexibility index (Phi) is 9.35. The summed E-state index contributed by atoms with van der Waals surface area (Å²) in [7, 11) is 1.70. The lowest BCUT2D eigenvalue weighted by Crippen LogP contribution is -2.41. The van der Waals surface area contributed by atoms with E-state index in [1.807, 2.05) is 61.9 Å². The van der Waals surface area contributed by atoms with Gasteiger partial charge in [0.15, 0.2) is 0 Å². The molecule has 8 nitrogen and oxygen atoms in total. The largest absolute Gasteiger partial charge is 0.445 e. The predicted molar refractivity (Wildman–Crippen MR) is 152 cm³/mol. The SMILES string of the molecule is CN(CCn1cc(-c2ccc(F)c(Cl)c2)nc1C1CCN(C(=O)OC(C)(C)C)CC1)C(=O)OCc1ccccc1. The molecule has 214 valence electrons. The van der Waals surface area contributed by atoms with Gasteiger partial charge in [0.05, 0.1) is 10.7 Å². The van der Waals surface area contributed by atoms with Crippen molar-refractivity contribution in [3.05, 3.63) is 77.0 Å². The highest BCUT2D eigenvalue weighted by Crippen LogP contribution is 2.32. The smallest absolute Gasteiger partial charge is 0.410 e. The van der Waals surface area contributed by atoms with Crippen LogP contribution in [0.3, 0.4) is 0 Å². The number of ether oxygens (including phenoxy) is 2. The highest BCUT2D eigenvalue weighted by molar-refractivity contribution is 6.31. The second kappa shape index (κ2) is 12.7. The zero-order valence-corrected chi connectivity index (χ0v) is 24.2. The van der Waals surface area contributed by atoms with Gasteiger partial charge in [-0.1, -0.05) is 41.9 Å². The lowest BCUT2D eigenvalue weighted by Gasteiger charge is -2.33. The standard InChI is InChI=1S/C30H36ClFN4O4/c1-30(2,3)40-29(38)35-14-12-22(13-15-35)27-33-26(23-10-11-25(32)24(31)18-23)19-36(27)17-16-34(4)28(37)39-20-21-8-6-5-7-9-21/h5-11,18-19,22H,12-17,20H2,1-4H3. The number of nitrogens with zero attached hydrogens (tertiary/aromatic N) is 4. The lowest BCUT2D eigenvalue weighted by atomic mass is 9.96. The highest BCUT2D eigenvalue weighted by Gasteiger charge is 2.30. The van der Waals surface area contributed by atoms with Gasteiger partial charge in [-0.25, -0.2) is 19.0 Å². The molecule has 4 rings (SSSR count). The molecule has 2 amide bonds. The van der Waals surface area contributed by atoms with Gasteiger partial charge in [-0.3, -0.25) is 0 Å². The summed E-state index contributed by atoms with van der Waals surface area (Å²) in [5, 5.41) is 0.0279. The van der Waals surface area contributed by atoms with E-state index in [4.69, 9.17) is 26.1 Å². The van der Waals surface area contributed by atoms with Crippen LogP contribution in [0.25, 0.3) is 11.3 Å². The molecule has 0 bridgehead atoms. The number of hydrogen-bond acceptors (Lipinski definition) is 5. The molecule has 1 aliphatic heterocycles. The third-order valence-electron chi connectivity index (χ3n) is 6.73. The Morgan fingerprint density at radius 1 is 1.12 bits per heavy atom. The molecule has 0 saturated carbocycles. The minimum absolute atomic E-state index is 0.0279. The van der Waals surface area contributed by atoms with Gasteiger partial charge in [-0.05, 0) is 57.4 Å². The van der Waals surface area contributed by atoms with Crippen LogP contribution in [0.5, 0.6) is 0 Å². The zero-order valence-electron chi connectivity index (χ0n) is 23.4. The topological polar surface area (TPSA) is 76.9 Å². The minimum Gasteiger partial charge on any atom is -0.445 e. The number of likely N-dealkylation sites (N-methyl/N-ethyl adjacent to an activating group) is 1. The van der Waals surface area contributed by atoms with E-state index < -0.39 is 17.5 Å². The van der Waals surface area contributed by atoms with E-state index in [1.165, 1.54) is 11.0 Å². The predicted octanol–water partition coefficient (Wildman–Crippen LogP) is 6.73. The summed E-state index contributed by atoms with van der Waals surface area (Å²) in [6, 6.07) is 14.1. The van der Waals surface area contributed by atoms with Gasteiger partial charge in [0.25, 0.3) is 0 Å². The summed E-state index contributed by atoms with van der Waals surface area (Å²) in [5.74, 6) is 0.458. The van der Waals surface area contributed by atoms with Crippen molar-refractivity contribution in [1.29, 1.82) is 0 Å². The molecule has 0 atom stereocenters. The Bertz CT molecular complexity index is 1320. The van der Waals surface area contributed by atoms with Gasteiger partial charge < -0.3 is 23.8 Å². The van der Waals surface area contributed by atoms with Crippen LogP contribution in [-0.4, -0.2) is 63.8 Å². The average Bonchev–Trinajstić information content (AvgIpc) is 3.36. The molecule has 3 aromatic rings. The van der Waals surface area contributed by atoms with Crippen molar-refractivity contribution in [3.8, 4) is 11.3 Å². The maximum absolute atomic E-state index is 13.8. The molecule has 2 heterocycles. The van der Waals surface area contributed by atoms with Crippen molar-refractivity contribution in [2.45, 2.75) is 58.3 Å². The summed E-state index contributed by atoms with van der Waals surface area (Å²) in [5.41, 5.74) is 1.74. The molecule has 0 spiro atoms. The number of carbonyl (C=O) groups is 2. The first-order valence-corrected chi connectivity index (χ1v) is 13.8. The molecule has 0 radical (unpaired) electrons. The normalized spacial score (nSPS) is 14.2. The number of hydrogen-bond donors (Lipinski definition) is 0. The number of piperidine rings is 1. The molecule has 1 aromatic heterocycles. The van der Waals surface area contributed by atoms with Crippen LogP contribution in [-0.2, 0) is 22.6 Å². The summed E-state index contributed by atoms with van der Waals surface area (Å²) in [6.45, 7) is 7.75. The number of aromatic nitrogens is 2. The number of rotatable bonds is 7. The molecule has 0 unspecified atom stereocenters. The second-order valence-electron chi connectivity index (χ2n) is 11.0. The molecular weight excluding hydrogens is 535 g/mol. The van der Waals surface area contributed by atoms with Gasteiger partial charge >= 0.3 is 12.2 Å². The zero-order chi connectivity index (χ0) is 28.9. The number of benzene rings is 2. The van der Waals surface area contributed by atoms with Crippen LogP contribution < -0.4 is 0 Å². The van der Waals surface area contributed by atoms with E-state index in [1.54, 1.807) is 24.1 Å². The maximum atomic E-state index is 13.8. The Morgan fingerprint density at radius 3 is 2.48 bits per heavy atom. The molecule has 0 N–H and O–H groups in total. The average molecular weight is 571 g/mol. The van der Waals surface area contributed by atoms with Gasteiger partial charge in [-0.15, -0.1) is 0 Å². The van der Waals surface area contributed by atoms with Gasteiger partial charge in [-0.2, -0.15) is 0 Å². The monoisotopic (exact) mass is 570 g/mol. The fourth-order valence-corrected chi connectivity index (χ4v) is 4.74. The van der Waals surface area contributed by atoms with E-state index >= 15 is 0 Å². The molecule has 1 fully saturated rings. The summed E-state index contributed by atoms with van der Waals surface area (Å²) in [4.78, 5) is 33.3. The first kappa shape index (κ1) is 29.4. The Morgan fingerprint density at radius 2 is 1.82 bits per heavy atom. The molecular formula is C30H36ClFN4O4. The van der Waals surface area contributed by atoms with Crippen LogP contribution in [0.4, 0.5) is 14.0 Å². The van der Waals surface area contributed by atoms with E-state index in [0.717, 1.165) is 24.2 Å². The van der Waals surface area contributed by atoms with Crippen LogP contribution in [0.1, 0.15) is 50.9 Å². The van der Waals surface area contributed by atoms with E-state index in [2.05, 4.69) is 0 Å². The molecule has 1 saturated heterocycles. The van der Waals surface area contributed by atoms with Crippen molar-refractivity contribution < 1.29 is 23.5 Å². The highest BCUT2D eigenvalue weighted by atomic mass is 35.5. The first-order chi connectivity index (χ1) is 19.0. The fourth-order valence-electron chi connectivity index (χ4n) is 4.55. The van der Waals surface area contributed by atoms with Crippen LogP contribution in [0.2, 0.25) is 5.02 Å². The van der Waals surface area contributed by atoms with Gasteiger partial charge in [0, 0.05) is 50.9 Å². The second-order valence-corrected chi connectivity index (χ2v) is 11.4. The quantitative estimate of drug-likeness (QED) is 0.315. The van der Waals surface area contributed by atoms with E-state index in [0.29, 0.717) is 37.4 Å². The van der Waals surface area contributed by atoms with Crippen molar-refractivity contribution >= 4 is 23.8 Å². The Hall–Kier alpha value is -3.59. The van der Waals surface area contributed by atoms with Crippen molar-refractivity contribution in [1.82, 2.24) is 19.4 Å². The third-order valence-corrected chi connectivity index (χ3v) is 7.02. The number of halogens is 2. The molecule has 10 heteroatoms. The van der Waals surface area contributed by atoms with E-state index in [-0.39, 0.29) is 23.6 Å². The van der Waals surface area contributed by atoms with Crippen LogP contribution in [0.15, 0.2) is 54.7 Å². The number of amides is 2. The molecule has 2 aromatic carbocycles. The Balaban J connectivity index is 1.46. The molecule has 0 aliphatic carbocycles. The van der Waals surface area contributed by atoms with Crippen LogP contribution in [0, 0.1) is 5.82 Å².